The highest BCUT2D eigenvalue weighted by molar-refractivity contribution is 9.10. The third kappa shape index (κ3) is 2.11. The third-order valence-corrected chi connectivity index (χ3v) is 3.95. The van der Waals surface area contributed by atoms with E-state index >= 15 is 0 Å². The molecule has 1 aromatic heterocycles. The van der Waals surface area contributed by atoms with Gasteiger partial charge in [0.2, 0.25) is 0 Å². The number of halogens is 1. The number of rotatable bonds is 2. The normalized spacial score (nSPS) is 15.2. The van der Waals surface area contributed by atoms with Gasteiger partial charge in [-0.05, 0) is 49.6 Å². The van der Waals surface area contributed by atoms with Crippen molar-refractivity contribution in [3.8, 4) is 5.69 Å². The van der Waals surface area contributed by atoms with Crippen LogP contribution in [-0.2, 0) is 0 Å². The molecule has 17 heavy (non-hydrogen) atoms. The van der Waals surface area contributed by atoms with E-state index in [0.29, 0.717) is 5.92 Å². The molecule has 1 fully saturated rings. The molecule has 1 aliphatic carbocycles. The zero-order valence-corrected chi connectivity index (χ0v) is 11.9. The van der Waals surface area contributed by atoms with Crippen LogP contribution in [0.4, 0.5) is 0 Å². The summed E-state index contributed by atoms with van der Waals surface area (Å²) in [7, 11) is 0. The molecule has 0 radical (unpaired) electrons. The van der Waals surface area contributed by atoms with Gasteiger partial charge in [-0.25, -0.2) is 4.68 Å². The van der Waals surface area contributed by atoms with E-state index in [1.165, 1.54) is 24.1 Å². The highest BCUT2D eigenvalue weighted by Gasteiger charge is 2.25. The van der Waals surface area contributed by atoms with Gasteiger partial charge < -0.3 is 0 Å². The van der Waals surface area contributed by atoms with Gasteiger partial charge in [-0.15, -0.1) is 0 Å². The molecule has 1 aromatic carbocycles. The molecule has 88 valence electrons. The molecule has 0 amide bonds. The van der Waals surface area contributed by atoms with E-state index in [-0.39, 0.29) is 0 Å². The molecule has 1 heterocycles. The lowest BCUT2D eigenvalue weighted by Gasteiger charge is -2.07. The first-order chi connectivity index (χ1) is 8.15. The van der Waals surface area contributed by atoms with Crippen LogP contribution < -0.4 is 0 Å². The number of aromatic amines is 1. The quantitative estimate of drug-likeness (QED) is 0.811. The zero-order chi connectivity index (χ0) is 12.0. The largest absolute Gasteiger partial charge is 0.297 e. The number of nitrogens with one attached hydrogen (secondary N) is 1. The summed E-state index contributed by atoms with van der Waals surface area (Å²) in [6.07, 6.45) is 2.57. The van der Waals surface area contributed by atoms with E-state index in [2.05, 4.69) is 46.2 Å². The van der Waals surface area contributed by atoms with Crippen molar-refractivity contribution < 1.29 is 0 Å². The fourth-order valence-corrected chi connectivity index (χ4v) is 2.81. The molecule has 0 spiro atoms. The number of hydrogen-bond donors (Lipinski definition) is 1. The average Bonchev–Trinajstić information content (AvgIpc) is 3.04. The predicted octanol–water partition coefficient (Wildman–Crippen LogP) is 4.48. The van der Waals surface area contributed by atoms with Crippen LogP contribution in [0.3, 0.4) is 0 Å². The van der Waals surface area contributed by atoms with Gasteiger partial charge in [0.15, 0.2) is 0 Å². The minimum absolute atomic E-state index is 0.703. The van der Waals surface area contributed by atoms with Crippen molar-refractivity contribution in [2.24, 2.45) is 0 Å². The van der Waals surface area contributed by atoms with E-state index in [4.69, 9.17) is 12.2 Å². The third-order valence-electron chi connectivity index (χ3n) is 3.16. The van der Waals surface area contributed by atoms with E-state index < -0.39 is 0 Å². The molecule has 1 saturated carbocycles. The molecule has 2 nitrogen and oxygen atoms in total. The molecule has 1 N–H and O–H groups in total. The Morgan fingerprint density at radius 2 is 2.12 bits per heavy atom. The van der Waals surface area contributed by atoms with Gasteiger partial charge in [0, 0.05) is 16.1 Å². The lowest BCUT2D eigenvalue weighted by atomic mass is 10.2. The van der Waals surface area contributed by atoms with Crippen molar-refractivity contribution in [2.45, 2.75) is 25.7 Å². The van der Waals surface area contributed by atoms with Crippen molar-refractivity contribution in [3.05, 3.63) is 44.6 Å². The molecule has 4 heteroatoms. The Morgan fingerprint density at radius 1 is 1.35 bits per heavy atom. The molecular weight excluding hydrogens is 296 g/mol. The second kappa shape index (κ2) is 4.10. The standard InChI is InChI=1S/C13H13BrN2S/c1-8-6-10(14)4-5-12(8)16-13(17)7-11(15-16)9-2-3-9/h4-7,9,15H,2-3H2,1H3. The monoisotopic (exact) mass is 308 g/mol. The predicted molar refractivity (Wildman–Crippen MR) is 75.4 cm³/mol. The summed E-state index contributed by atoms with van der Waals surface area (Å²) in [5, 5.41) is 3.42. The molecule has 0 saturated heterocycles. The molecule has 3 rings (SSSR count). The highest BCUT2D eigenvalue weighted by Crippen LogP contribution is 2.39. The lowest BCUT2D eigenvalue weighted by molar-refractivity contribution is 0.824. The Balaban J connectivity index is 2.11. The SMILES string of the molecule is Cc1cc(Br)ccc1-n1[nH]c(C2CC2)cc1=S. The van der Waals surface area contributed by atoms with Gasteiger partial charge in [-0.2, -0.15) is 0 Å². The summed E-state index contributed by atoms with van der Waals surface area (Å²) < 4.78 is 3.96. The van der Waals surface area contributed by atoms with E-state index in [1.807, 2.05) is 10.7 Å². The number of nitrogens with zero attached hydrogens (tertiary/aromatic N) is 1. The van der Waals surface area contributed by atoms with E-state index in [1.54, 1.807) is 0 Å². The van der Waals surface area contributed by atoms with Crippen molar-refractivity contribution in [2.75, 3.05) is 0 Å². The minimum Gasteiger partial charge on any atom is -0.297 e. The molecule has 0 atom stereocenters. The number of aryl methyl sites for hydroxylation is 1. The second-order valence-electron chi connectivity index (χ2n) is 4.59. The first-order valence-corrected chi connectivity index (χ1v) is 6.94. The highest BCUT2D eigenvalue weighted by atomic mass is 79.9. The van der Waals surface area contributed by atoms with Crippen LogP contribution in [0.15, 0.2) is 28.7 Å². The second-order valence-corrected chi connectivity index (χ2v) is 5.92. The summed E-state index contributed by atoms with van der Waals surface area (Å²) in [6.45, 7) is 2.10. The van der Waals surface area contributed by atoms with Gasteiger partial charge in [-0.1, -0.05) is 28.1 Å². The van der Waals surface area contributed by atoms with Crippen molar-refractivity contribution in [1.82, 2.24) is 9.78 Å². The summed E-state index contributed by atoms with van der Waals surface area (Å²) in [5.41, 5.74) is 3.61. The number of benzene rings is 1. The average molecular weight is 309 g/mol. The van der Waals surface area contributed by atoms with Gasteiger partial charge in [-0.3, -0.25) is 5.10 Å². The van der Waals surface area contributed by atoms with E-state index in [9.17, 15) is 0 Å². The fourth-order valence-electron chi connectivity index (χ4n) is 2.07. The Labute approximate surface area is 114 Å². The van der Waals surface area contributed by atoms with Gasteiger partial charge in [0.1, 0.15) is 4.64 Å². The Morgan fingerprint density at radius 3 is 2.76 bits per heavy atom. The summed E-state index contributed by atoms with van der Waals surface area (Å²) in [5.74, 6) is 0.703. The fraction of sp³-hybridized carbons (Fsp3) is 0.308. The van der Waals surface area contributed by atoms with Gasteiger partial charge in [0.05, 0.1) is 5.69 Å². The molecule has 0 unspecified atom stereocenters. The number of aromatic nitrogens is 2. The Bertz CT molecular complexity index is 623. The molecule has 1 aliphatic rings. The van der Waals surface area contributed by atoms with Gasteiger partial charge in [0.25, 0.3) is 0 Å². The molecular formula is C13H13BrN2S. The van der Waals surface area contributed by atoms with Gasteiger partial charge >= 0.3 is 0 Å². The molecule has 0 bridgehead atoms. The maximum atomic E-state index is 5.41. The van der Waals surface area contributed by atoms with Crippen molar-refractivity contribution >= 4 is 28.1 Å². The summed E-state index contributed by atoms with van der Waals surface area (Å²) >= 11 is 8.89. The Kier molecular flexibility index (Phi) is 2.71. The van der Waals surface area contributed by atoms with Crippen LogP contribution in [0.2, 0.25) is 0 Å². The van der Waals surface area contributed by atoms with E-state index in [0.717, 1.165) is 14.8 Å². The molecule has 2 aromatic rings. The zero-order valence-electron chi connectivity index (χ0n) is 9.53. The van der Waals surface area contributed by atoms with Crippen molar-refractivity contribution in [3.63, 3.8) is 0 Å². The number of H-pyrrole nitrogens is 1. The topological polar surface area (TPSA) is 20.7 Å². The van der Waals surface area contributed by atoms with Crippen LogP contribution in [0, 0.1) is 11.6 Å². The van der Waals surface area contributed by atoms with Crippen LogP contribution in [-0.4, -0.2) is 9.78 Å². The summed E-state index contributed by atoms with van der Waals surface area (Å²) in [6, 6.07) is 8.33. The first-order valence-electron chi connectivity index (χ1n) is 5.73. The minimum atomic E-state index is 0.703. The lowest BCUT2D eigenvalue weighted by Crippen LogP contribution is -1.99. The maximum Gasteiger partial charge on any atom is 0.127 e. The maximum absolute atomic E-state index is 5.41. The van der Waals surface area contributed by atoms with Crippen LogP contribution >= 0.6 is 28.1 Å². The Hall–Kier alpha value is -0.870. The molecule has 0 aliphatic heterocycles. The smallest absolute Gasteiger partial charge is 0.127 e. The van der Waals surface area contributed by atoms with Crippen LogP contribution in [0.1, 0.15) is 30.0 Å². The van der Waals surface area contributed by atoms with Crippen LogP contribution in [0.25, 0.3) is 5.69 Å². The first kappa shape index (κ1) is 11.2. The van der Waals surface area contributed by atoms with Crippen molar-refractivity contribution in [1.29, 1.82) is 0 Å². The summed E-state index contributed by atoms with van der Waals surface area (Å²) in [4.78, 5) is 0. The van der Waals surface area contributed by atoms with Crippen LogP contribution in [0.5, 0.6) is 0 Å². The number of hydrogen-bond acceptors (Lipinski definition) is 1.